The average Bonchev–Trinajstić information content (AvgIpc) is 3.23. The third-order valence-corrected chi connectivity index (χ3v) is 7.20. The van der Waals surface area contributed by atoms with Crippen molar-refractivity contribution in [2.24, 2.45) is 5.92 Å². The summed E-state index contributed by atoms with van der Waals surface area (Å²) in [6.45, 7) is 2.67. The largest absolute Gasteiger partial charge is 0.445 e. The summed E-state index contributed by atoms with van der Waals surface area (Å²) < 4.78 is 23.2. The van der Waals surface area contributed by atoms with Crippen molar-refractivity contribution >= 4 is 6.09 Å². The molecule has 32 heavy (non-hydrogen) atoms. The van der Waals surface area contributed by atoms with E-state index in [1.165, 1.54) is 0 Å². The first-order valence-electron chi connectivity index (χ1n) is 11.6. The third-order valence-electron chi connectivity index (χ3n) is 7.20. The van der Waals surface area contributed by atoms with E-state index in [2.05, 4.69) is 10.5 Å². The van der Waals surface area contributed by atoms with E-state index >= 15 is 0 Å². The highest BCUT2D eigenvalue weighted by atomic mass is 16.6. The topological polar surface area (TPSA) is 86.1 Å². The molecule has 1 N–H and O–H groups in total. The first-order chi connectivity index (χ1) is 15.8. The van der Waals surface area contributed by atoms with Crippen LogP contribution >= 0.6 is 0 Å². The van der Waals surface area contributed by atoms with Gasteiger partial charge >= 0.3 is 6.09 Å². The van der Waals surface area contributed by atoms with Crippen LogP contribution in [0.5, 0.6) is 0 Å². The molecule has 1 amide bonds. The molecule has 8 nitrogen and oxygen atoms in total. The number of hydrogen-bond acceptors (Lipinski definition) is 7. The highest BCUT2D eigenvalue weighted by molar-refractivity contribution is 5.68. The highest BCUT2D eigenvalue weighted by Gasteiger charge is 2.48. The zero-order valence-electron chi connectivity index (χ0n) is 18.1. The molecule has 2 saturated carbocycles. The van der Waals surface area contributed by atoms with Gasteiger partial charge in [-0.05, 0) is 31.2 Å². The number of ether oxygens (including phenoxy) is 3. The molecule has 2 bridgehead atoms. The van der Waals surface area contributed by atoms with Crippen LogP contribution in [0.4, 0.5) is 4.79 Å². The molecule has 8 heteroatoms. The van der Waals surface area contributed by atoms with Crippen molar-refractivity contribution in [3.05, 3.63) is 52.9 Å². The van der Waals surface area contributed by atoms with Crippen LogP contribution in [0, 0.1) is 5.92 Å². The summed E-state index contributed by atoms with van der Waals surface area (Å²) >= 11 is 0. The zero-order chi connectivity index (χ0) is 21.5. The van der Waals surface area contributed by atoms with Crippen molar-refractivity contribution in [1.29, 1.82) is 0 Å². The lowest BCUT2D eigenvalue weighted by Gasteiger charge is -2.31. The van der Waals surface area contributed by atoms with Gasteiger partial charge in [-0.1, -0.05) is 35.5 Å². The molecule has 4 aliphatic rings. The second kappa shape index (κ2) is 8.50. The Hall–Kier alpha value is -2.42. The number of likely N-dealkylation sites (tertiary alicyclic amines) is 1. The fourth-order valence-corrected chi connectivity index (χ4v) is 5.32. The summed E-state index contributed by atoms with van der Waals surface area (Å²) in [5.74, 6) is 1.82. The number of nitrogens with one attached hydrogen (secondary N) is 1. The summed E-state index contributed by atoms with van der Waals surface area (Å²) in [6, 6.07) is 10.1. The molecule has 2 aromatic rings. The number of benzene rings is 1. The molecule has 0 spiro atoms. The molecule has 4 atom stereocenters. The molecule has 2 aliphatic carbocycles. The summed E-state index contributed by atoms with van der Waals surface area (Å²) in [7, 11) is 0. The van der Waals surface area contributed by atoms with Gasteiger partial charge in [0.05, 0.1) is 32.1 Å². The van der Waals surface area contributed by atoms with E-state index in [1.807, 2.05) is 35.2 Å². The van der Waals surface area contributed by atoms with Gasteiger partial charge in [-0.3, -0.25) is 5.32 Å². The summed E-state index contributed by atoms with van der Waals surface area (Å²) in [5, 5.41) is 7.69. The number of carbonyl (C=O) groups excluding carboxylic acids is 1. The van der Waals surface area contributed by atoms with E-state index in [9.17, 15) is 4.79 Å². The standard InChI is InChI=1S/C24H29N3O5/c28-24(31-11-15-4-2-1-3-5-15)27-10-17-8-18(27)9-21(17)30-12-19-22(20-13-29-14-25-20)26-32-23(19)16-6-7-16/h1-5,16-18,20-21,25H,6-14H2/t17-,18-,20?,21+/m0/s1. The lowest BCUT2D eigenvalue weighted by atomic mass is 10.0. The van der Waals surface area contributed by atoms with Crippen molar-refractivity contribution in [2.45, 2.75) is 63.0 Å². The van der Waals surface area contributed by atoms with Gasteiger partial charge in [0.1, 0.15) is 18.1 Å². The van der Waals surface area contributed by atoms with E-state index in [0.717, 1.165) is 48.3 Å². The number of aromatic nitrogens is 1. The number of fused-ring (bicyclic) bond motifs is 2. The Morgan fingerprint density at radius 1 is 1.19 bits per heavy atom. The Morgan fingerprint density at radius 3 is 2.78 bits per heavy atom. The minimum atomic E-state index is -0.218. The average molecular weight is 440 g/mol. The predicted molar refractivity (Wildman–Crippen MR) is 114 cm³/mol. The molecule has 1 unspecified atom stereocenters. The quantitative estimate of drug-likeness (QED) is 0.707. The van der Waals surface area contributed by atoms with E-state index in [-0.39, 0.29) is 24.3 Å². The lowest BCUT2D eigenvalue weighted by Crippen LogP contribution is -2.42. The van der Waals surface area contributed by atoms with Crippen molar-refractivity contribution in [2.75, 3.05) is 19.9 Å². The van der Waals surface area contributed by atoms with Crippen molar-refractivity contribution < 1.29 is 23.5 Å². The molecule has 0 radical (unpaired) electrons. The van der Waals surface area contributed by atoms with Crippen LogP contribution in [0.3, 0.4) is 0 Å². The van der Waals surface area contributed by atoms with Crippen molar-refractivity contribution in [3.8, 4) is 0 Å². The van der Waals surface area contributed by atoms with Gasteiger partial charge in [0, 0.05) is 30.0 Å². The Kier molecular flexibility index (Phi) is 5.37. The Morgan fingerprint density at radius 2 is 2.06 bits per heavy atom. The molecule has 1 aromatic carbocycles. The normalized spacial score (nSPS) is 29.1. The maximum absolute atomic E-state index is 12.6. The smallest absolute Gasteiger partial charge is 0.410 e. The van der Waals surface area contributed by atoms with Crippen LogP contribution in [0.2, 0.25) is 0 Å². The third kappa shape index (κ3) is 3.91. The number of piperidine rings is 1. The molecular weight excluding hydrogens is 410 g/mol. The predicted octanol–water partition coefficient (Wildman–Crippen LogP) is 3.49. The molecule has 170 valence electrons. The number of rotatable bonds is 7. The second-order valence-electron chi connectivity index (χ2n) is 9.38. The maximum atomic E-state index is 12.6. The van der Waals surface area contributed by atoms with E-state index in [4.69, 9.17) is 18.7 Å². The lowest BCUT2D eigenvalue weighted by molar-refractivity contribution is -0.0118. The Balaban J connectivity index is 1.05. The van der Waals surface area contributed by atoms with Crippen LogP contribution in [0.25, 0.3) is 0 Å². The first kappa shape index (κ1) is 20.2. The summed E-state index contributed by atoms with van der Waals surface area (Å²) in [4.78, 5) is 14.5. The van der Waals surface area contributed by atoms with E-state index in [1.54, 1.807) is 0 Å². The van der Waals surface area contributed by atoms with Gasteiger partial charge in [0.25, 0.3) is 0 Å². The maximum Gasteiger partial charge on any atom is 0.410 e. The van der Waals surface area contributed by atoms with Gasteiger partial charge in [-0.25, -0.2) is 4.79 Å². The zero-order valence-corrected chi connectivity index (χ0v) is 18.1. The van der Waals surface area contributed by atoms with Crippen molar-refractivity contribution in [3.63, 3.8) is 0 Å². The van der Waals surface area contributed by atoms with E-state index < -0.39 is 0 Å². The number of nitrogens with zero attached hydrogens (tertiary/aromatic N) is 2. The molecular formula is C24H29N3O5. The molecule has 4 fully saturated rings. The number of hydrogen-bond donors (Lipinski definition) is 1. The van der Waals surface area contributed by atoms with Crippen LogP contribution in [0.15, 0.2) is 34.9 Å². The minimum absolute atomic E-state index is 0.0692. The van der Waals surface area contributed by atoms with Crippen molar-refractivity contribution in [1.82, 2.24) is 15.4 Å². The molecule has 2 aliphatic heterocycles. The van der Waals surface area contributed by atoms with Gasteiger partial charge in [0.15, 0.2) is 0 Å². The molecule has 3 heterocycles. The molecule has 1 aromatic heterocycles. The summed E-state index contributed by atoms with van der Waals surface area (Å²) in [6.07, 6.45) is 4.09. The van der Waals surface area contributed by atoms with Crippen LogP contribution in [-0.2, 0) is 27.4 Å². The highest BCUT2D eigenvalue weighted by Crippen LogP contribution is 2.45. The van der Waals surface area contributed by atoms with Crippen LogP contribution in [-0.4, -0.2) is 48.2 Å². The van der Waals surface area contributed by atoms with Gasteiger partial charge in [-0.15, -0.1) is 0 Å². The fraction of sp³-hybridized carbons (Fsp3) is 0.583. The SMILES string of the molecule is O=C(OCc1ccccc1)N1C[C@@H]2C[C@H]1C[C@H]2OCc1c(C2COCN2)noc1C1CC1. The molecule has 2 saturated heterocycles. The second-order valence-corrected chi connectivity index (χ2v) is 9.38. The monoisotopic (exact) mass is 439 g/mol. The van der Waals surface area contributed by atoms with Gasteiger partial charge in [0.2, 0.25) is 0 Å². The number of amides is 1. The Bertz CT molecular complexity index is 954. The first-order valence-corrected chi connectivity index (χ1v) is 11.6. The number of carbonyl (C=O) groups is 1. The van der Waals surface area contributed by atoms with Gasteiger partial charge in [-0.2, -0.15) is 0 Å². The summed E-state index contributed by atoms with van der Waals surface area (Å²) in [5.41, 5.74) is 3.03. The van der Waals surface area contributed by atoms with Crippen LogP contribution < -0.4 is 5.32 Å². The Labute approximate surface area is 187 Å². The minimum Gasteiger partial charge on any atom is -0.445 e. The fourth-order valence-electron chi connectivity index (χ4n) is 5.32. The van der Waals surface area contributed by atoms with E-state index in [0.29, 0.717) is 44.9 Å². The molecule has 6 rings (SSSR count). The van der Waals surface area contributed by atoms with Gasteiger partial charge < -0.3 is 23.6 Å². The van der Waals surface area contributed by atoms with Crippen LogP contribution in [0.1, 0.15) is 60.2 Å².